The number of aliphatic hydroxyl groups excluding tert-OH is 1. The molecule has 1 N–H and O–H groups in total. The van der Waals surface area contributed by atoms with Crippen LogP contribution in [-0.2, 0) is 0 Å². The fraction of sp³-hybridized carbons (Fsp3) is 0.462. The van der Waals surface area contributed by atoms with E-state index < -0.39 is 0 Å². The molecular formula is C13H16N2O. The van der Waals surface area contributed by atoms with E-state index >= 15 is 0 Å². The Morgan fingerprint density at radius 2 is 2.12 bits per heavy atom. The second kappa shape index (κ2) is 3.91. The van der Waals surface area contributed by atoms with Crippen LogP contribution < -0.4 is 0 Å². The Bertz CT molecular complexity index is 485. The average molecular weight is 216 g/mol. The first-order valence-electron chi connectivity index (χ1n) is 5.96. The van der Waals surface area contributed by atoms with Crippen molar-refractivity contribution in [2.75, 3.05) is 0 Å². The maximum atomic E-state index is 10.4. The zero-order valence-electron chi connectivity index (χ0n) is 9.21. The van der Waals surface area contributed by atoms with Gasteiger partial charge >= 0.3 is 0 Å². The topological polar surface area (TPSA) is 37.5 Å². The summed E-state index contributed by atoms with van der Waals surface area (Å²) in [5.41, 5.74) is 2.01. The molecular weight excluding hydrogens is 200 g/mol. The average Bonchev–Trinajstić information content (AvgIpc) is 2.98. The van der Waals surface area contributed by atoms with E-state index in [0.717, 1.165) is 23.9 Å². The molecule has 0 saturated heterocycles. The summed E-state index contributed by atoms with van der Waals surface area (Å²) in [6.45, 7) is 0. The second-order valence-corrected chi connectivity index (χ2v) is 4.62. The maximum absolute atomic E-state index is 10.4. The van der Waals surface area contributed by atoms with Crippen molar-refractivity contribution in [1.82, 2.24) is 9.61 Å². The van der Waals surface area contributed by atoms with Gasteiger partial charge in [-0.05, 0) is 30.9 Å². The first kappa shape index (κ1) is 9.85. The molecule has 0 amide bonds. The minimum atomic E-state index is -0.345. The van der Waals surface area contributed by atoms with E-state index in [2.05, 4.69) is 5.10 Å². The van der Waals surface area contributed by atoms with Gasteiger partial charge in [0.05, 0.1) is 17.8 Å². The lowest BCUT2D eigenvalue weighted by Crippen LogP contribution is -2.08. The lowest BCUT2D eigenvalue weighted by atomic mass is 9.95. The SMILES string of the molecule is OC(c1cnn2ccccc12)C1CCCC1. The van der Waals surface area contributed by atoms with Crippen molar-refractivity contribution in [3.8, 4) is 0 Å². The van der Waals surface area contributed by atoms with Crippen LogP contribution >= 0.6 is 0 Å². The highest BCUT2D eigenvalue weighted by molar-refractivity contribution is 5.54. The minimum absolute atomic E-state index is 0.345. The van der Waals surface area contributed by atoms with E-state index in [0.29, 0.717) is 5.92 Å². The Morgan fingerprint density at radius 1 is 1.31 bits per heavy atom. The molecule has 0 aliphatic heterocycles. The Hall–Kier alpha value is -1.35. The number of hydrogen-bond acceptors (Lipinski definition) is 2. The molecule has 1 fully saturated rings. The van der Waals surface area contributed by atoms with Crippen molar-refractivity contribution in [2.45, 2.75) is 31.8 Å². The number of pyridine rings is 1. The molecule has 3 heteroatoms. The van der Waals surface area contributed by atoms with E-state index in [4.69, 9.17) is 0 Å². The molecule has 1 saturated carbocycles. The number of nitrogens with zero attached hydrogens (tertiary/aromatic N) is 2. The smallest absolute Gasteiger partial charge is 0.0854 e. The Balaban J connectivity index is 1.98. The summed E-state index contributed by atoms with van der Waals surface area (Å²) in [6, 6.07) is 5.95. The van der Waals surface area contributed by atoms with Gasteiger partial charge in [0.25, 0.3) is 0 Å². The molecule has 0 aromatic carbocycles. The van der Waals surface area contributed by atoms with Crippen LogP contribution in [0.4, 0.5) is 0 Å². The molecule has 0 bridgehead atoms. The van der Waals surface area contributed by atoms with E-state index in [-0.39, 0.29) is 6.10 Å². The van der Waals surface area contributed by atoms with Crippen LogP contribution in [0.3, 0.4) is 0 Å². The lowest BCUT2D eigenvalue weighted by Gasteiger charge is -2.16. The highest BCUT2D eigenvalue weighted by atomic mass is 16.3. The molecule has 84 valence electrons. The standard InChI is InChI=1S/C13H16N2O/c16-13(10-5-1-2-6-10)11-9-14-15-8-4-3-7-12(11)15/h3-4,7-10,13,16H,1-2,5-6H2. The first-order chi connectivity index (χ1) is 7.86. The zero-order valence-corrected chi connectivity index (χ0v) is 9.21. The molecule has 3 rings (SSSR count). The van der Waals surface area contributed by atoms with Crippen molar-refractivity contribution in [3.05, 3.63) is 36.2 Å². The summed E-state index contributed by atoms with van der Waals surface area (Å²) in [6.07, 6.45) is 8.17. The first-order valence-corrected chi connectivity index (χ1v) is 5.96. The predicted octanol–water partition coefficient (Wildman–Crippen LogP) is 2.56. The number of fused-ring (bicyclic) bond motifs is 1. The minimum Gasteiger partial charge on any atom is -0.388 e. The summed E-state index contributed by atoms with van der Waals surface area (Å²) in [7, 11) is 0. The summed E-state index contributed by atoms with van der Waals surface area (Å²) in [5.74, 6) is 0.424. The third-order valence-electron chi connectivity index (χ3n) is 3.62. The van der Waals surface area contributed by atoms with Gasteiger partial charge in [0.1, 0.15) is 0 Å². The van der Waals surface area contributed by atoms with Crippen LogP contribution in [0.25, 0.3) is 5.52 Å². The van der Waals surface area contributed by atoms with Crippen molar-refractivity contribution < 1.29 is 5.11 Å². The van der Waals surface area contributed by atoms with Gasteiger partial charge in [-0.25, -0.2) is 4.52 Å². The van der Waals surface area contributed by atoms with Crippen LogP contribution in [0.5, 0.6) is 0 Å². The van der Waals surface area contributed by atoms with E-state index in [1.165, 1.54) is 12.8 Å². The molecule has 1 unspecified atom stereocenters. The highest BCUT2D eigenvalue weighted by Gasteiger charge is 2.26. The lowest BCUT2D eigenvalue weighted by molar-refractivity contribution is 0.113. The van der Waals surface area contributed by atoms with Gasteiger partial charge < -0.3 is 5.11 Å². The van der Waals surface area contributed by atoms with Gasteiger partial charge in [-0.15, -0.1) is 0 Å². The third kappa shape index (κ3) is 1.52. The molecule has 2 aromatic heterocycles. The molecule has 2 aromatic rings. The number of aromatic nitrogens is 2. The molecule has 3 nitrogen and oxygen atoms in total. The molecule has 1 aliphatic carbocycles. The van der Waals surface area contributed by atoms with Gasteiger partial charge in [0.2, 0.25) is 0 Å². The zero-order chi connectivity index (χ0) is 11.0. The summed E-state index contributed by atoms with van der Waals surface area (Å²) in [5, 5.41) is 14.6. The Labute approximate surface area is 94.7 Å². The molecule has 1 atom stereocenters. The van der Waals surface area contributed by atoms with Crippen LogP contribution in [0, 0.1) is 5.92 Å². The van der Waals surface area contributed by atoms with Crippen molar-refractivity contribution in [3.63, 3.8) is 0 Å². The number of aliphatic hydroxyl groups is 1. The number of rotatable bonds is 2. The fourth-order valence-electron chi connectivity index (χ4n) is 2.71. The predicted molar refractivity (Wildman–Crippen MR) is 62.1 cm³/mol. The maximum Gasteiger partial charge on any atom is 0.0854 e. The Morgan fingerprint density at radius 3 is 2.94 bits per heavy atom. The van der Waals surface area contributed by atoms with E-state index in [9.17, 15) is 5.11 Å². The van der Waals surface area contributed by atoms with E-state index in [1.807, 2.05) is 28.9 Å². The molecule has 1 aliphatic rings. The van der Waals surface area contributed by atoms with Gasteiger partial charge in [-0.3, -0.25) is 0 Å². The van der Waals surface area contributed by atoms with Crippen molar-refractivity contribution in [1.29, 1.82) is 0 Å². The monoisotopic (exact) mass is 216 g/mol. The van der Waals surface area contributed by atoms with Gasteiger partial charge in [0, 0.05) is 11.8 Å². The van der Waals surface area contributed by atoms with Crippen LogP contribution in [0.2, 0.25) is 0 Å². The second-order valence-electron chi connectivity index (χ2n) is 4.62. The summed E-state index contributed by atoms with van der Waals surface area (Å²) >= 11 is 0. The van der Waals surface area contributed by atoms with Crippen molar-refractivity contribution >= 4 is 5.52 Å². The molecule has 0 radical (unpaired) electrons. The normalized spacial score (nSPS) is 19.3. The quantitative estimate of drug-likeness (QED) is 0.837. The van der Waals surface area contributed by atoms with E-state index in [1.54, 1.807) is 6.20 Å². The van der Waals surface area contributed by atoms with Crippen LogP contribution in [0.1, 0.15) is 37.4 Å². The molecule has 2 heterocycles. The summed E-state index contributed by atoms with van der Waals surface area (Å²) in [4.78, 5) is 0. The fourth-order valence-corrected chi connectivity index (χ4v) is 2.71. The number of hydrogen-bond donors (Lipinski definition) is 1. The molecule has 0 spiro atoms. The van der Waals surface area contributed by atoms with Gasteiger partial charge in [0.15, 0.2) is 0 Å². The summed E-state index contributed by atoms with van der Waals surface area (Å²) < 4.78 is 1.83. The Kier molecular flexibility index (Phi) is 2.40. The van der Waals surface area contributed by atoms with Gasteiger partial charge in [-0.1, -0.05) is 18.9 Å². The van der Waals surface area contributed by atoms with Crippen molar-refractivity contribution in [2.24, 2.45) is 5.92 Å². The van der Waals surface area contributed by atoms with Gasteiger partial charge in [-0.2, -0.15) is 5.10 Å². The highest BCUT2D eigenvalue weighted by Crippen LogP contribution is 2.36. The van der Waals surface area contributed by atoms with Crippen LogP contribution in [-0.4, -0.2) is 14.7 Å². The third-order valence-corrected chi connectivity index (χ3v) is 3.62. The van der Waals surface area contributed by atoms with Crippen LogP contribution in [0.15, 0.2) is 30.6 Å². The largest absolute Gasteiger partial charge is 0.388 e. The molecule has 16 heavy (non-hydrogen) atoms.